The molecule has 1 atom stereocenters. The van der Waals surface area contributed by atoms with Crippen LogP contribution in [-0.4, -0.2) is 41.1 Å². The number of likely N-dealkylation sites (tertiary alicyclic amines) is 1. The number of carboxylic acids is 1. The van der Waals surface area contributed by atoms with Crippen LogP contribution < -0.4 is 5.32 Å². The lowest BCUT2D eigenvalue weighted by molar-refractivity contribution is -0.142. The standard InChI is InChI=1S/C19H26N2O3/c1-13-3-2-4-15(11-13)16-9-10-21(12-16)19(24)20-17-7-5-14(6-8-17)18(22)23/h2-4,11,14,16-17H,5-10,12H2,1H3,(H,20,24)(H,22,23). The molecule has 5 nitrogen and oxygen atoms in total. The Morgan fingerprint density at radius 3 is 2.58 bits per heavy atom. The molecule has 3 rings (SSSR count). The van der Waals surface area contributed by atoms with Gasteiger partial charge in [-0.15, -0.1) is 0 Å². The van der Waals surface area contributed by atoms with Crippen molar-refractivity contribution in [2.24, 2.45) is 5.92 Å². The van der Waals surface area contributed by atoms with E-state index >= 15 is 0 Å². The van der Waals surface area contributed by atoms with Gasteiger partial charge in [-0.1, -0.05) is 29.8 Å². The summed E-state index contributed by atoms with van der Waals surface area (Å²) in [6.07, 6.45) is 3.84. The smallest absolute Gasteiger partial charge is 0.317 e. The molecule has 0 radical (unpaired) electrons. The van der Waals surface area contributed by atoms with E-state index in [1.165, 1.54) is 11.1 Å². The maximum Gasteiger partial charge on any atom is 0.317 e. The van der Waals surface area contributed by atoms with Crippen molar-refractivity contribution in [2.75, 3.05) is 13.1 Å². The van der Waals surface area contributed by atoms with Crippen LogP contribution in [0.2, 0.25) is 0 Å². The lowest BCUT2D eigenvalue weighted by Gasteiger charge is -2.28. The van der Waals surface area contributed by atoms with Crippen LogP contribution in [0.4, 0.5) is 4.79 Å². The Hall–Kier alpha value is -2.04. The molecule has 1 saturated carbocycles. The molecule has 130 valence electrons. The summed E-state index contributed by atoms with van der Waals surface area (Å²) in [4.78, 5) is 25.4. The minimum Gasteiger partial charge on any atom is -0.481 e. The van der Waals surface area contributed by atoms with Crippen LogP contribution >= 0.6 is 0 Å². The highest BCUT2D eigenvalue weighted by atomic mass is 16.4. The van der Waals surface area contributed by atoms with Crippen molar-refractivity contribution in [2.45, 2.75) is 51.0 Å². The number of nitrogens with one attached hydrogen (secondary N) is 1. The predicted octanol–water partition coefficient (Wildman–Crippen LogP) is 3.14. The summed E-state index contributed by atoms with van der Waals surface area (Å²) in [5.74, 6) is -0.533. The summed E-state index contributed by atoms with van der Waals surface area (Å²) >= 11 is 0. The van der Waals surface area contributed by atoms with Gasteiger partial charge in [0.1, 0.15) is 0 Å². The molecule has 1 unspecified atom stereocenters. The van der Waals surface area contributed by atoms with Crippen molar-refractivity contribution in [3.05, 3.63) is 35.4 Å². The van der Waals surface area contributed by atoms with Gasteiger partial charge >= 0.3 is 12.0 Å². The average Bonchev–Trinajstić information content (AvgIpc) is 3.05. The first-order valence-corrected chi connectivity index (χ1v) is 8.87. The molecule has 5 heteroatoms. The number of urea groups is 1. The van der Waals surface area contributed by atoms with Crippen LogP contribution in [0.15, 0.2) is 24.3 Å². The van der Waals surface area contributed by atoms with E-state index in [4.69, 9.17) is 5.11 Å². The number of hydrogen-bond acceptors (Lipinski definition) is 2. The van der Waals surface area contributed by atoms with Gasteiger partial charge in [0.15, 0.2) is 0 Å². The molecule has 2 amide bonds. The second-order valence-corrected chi connectivity index (χ2v) is 7.18. The van der Waals surface area contributed by atoms with Gasteiger partial charge in [-0.2, -0.15) is 0 Å². The fourth-order valence-corrected chi connectivity index (χ4v) is 3.89. The minimum absolute atomic E-state index is 0.00364. The van der Waals surface area contributed by atoms with Crippen LogP contribution in [-0.2, 0) is 4.79 Å². The first kappa shape index (κ1) is 16.8. The fourth-order valence-electron chi connectivity index (χ4n) is 3.89. The van der Waals surface area contributed by atoms with Crippen molar-refractivity contribution >= 4 is 12.0 Å². The van der Waals surface area contributed by atoms with Crippen molar-refractivity contribution in [3.8, 4) is 0 Å². The summed E-state index contributed by atoms with van der Waals surface area (Å²) in [6.45, 7) is 3.64. The second kappa shape index (κ2) is 7.24. The first-order valence-electron chi connectivity index (χ1n) is 8.87. The van der Waals surface area contributed by atoms with Crippen molar-refractivity contribution < 1.29 is 14.7 Å². The van der Waals surface area contributed by atoms with Crippen molar-refractivity contribution in [1.29, 1.82) is 0 Å². The minimum atomic E-state index is -0.708. The van der Waals surface area contributed by atoms with Gasteiger partial charge in [-0.3, -0.25) is 4.79 Å². The third-order valence-electron chi connectivity index (χ3n) is 5.39. The van der Waals surface area contributed by atoms with Crippen LogP contribution in [0.25, 0.3) is 0 Å². The summed E-state index contributed by atoms with van der Waals surface area (Å²) in [6, 6.07) is 8.64. The molecule has 1 aromatic carbocycles. The zero-order valence-electron chi connectivity index (χ0n) is 14.2. The van der Waals surface area contributed by atoms with Crippen LogP contribution in [0, 0.1) is 12.8 Å². The lowest BCUT2D eigenvalue weighted by Crippen LogP contribution is -2.45. The van der Waals surface area contributed by atoms with E-state index in [0.29, 0.717) is 18.8 Å². The Kier molecular flexibility index (Phi) is 5.07. The largest absolute Gasteiger partial charge is 0.481 e. The summed E-state index contributed by atoms with van der Waals surface area (Å²) in [7, 11) is 0. The van der Waals surface area contributed by atoms with E-state index < -0.39 is 5.97 Å². The van der Waals surface area contributed by atoms with E-state index in [9.17, 15) is 9.59 Å². The molecule has 1 saturated heterocycles. The number of benzene rings is 1. The molecule has 2 fully saturated rings. The lowest BCUT2D eigenvalue weighted by atomic mass is 9.86. The summed E-state index contributed by atoms with van der Waals surface area (Å²) < 4.78 is 0. The third kappa shape index (κ3) is 3.89. The van der Waals surface area contributed by atoms with E-state index in [1.807, 2.05) is 4.90 Å². The molecule has 1 heterocycles. The molecular formula is C19H26N2O3. The second-order valence-electron chi connectivity index (χ2n) is 7.18. The number of carboxylic acid groups (broad SMARTS) is 1. The fraction of sp³-hybridized carbons (Fsp3) is 0.579. The summed E-state index contributed by atoms with van der Waals surface area (Å²) in [5, 5.41) is 12.1. The van der Waals surface area contributed by atoms with Crippen LogP contribution in [0.5, 0.6) is 0 Å². The van der Waals surface area contributed by atoms with E-state index in [0.717, 1.165) is 32.4 Å². The number of aliphatic carboxylic acids is 1. The van der Waals surface area contributed by atoms with Crippen LogP contribution in [0.1, 0.15) is 49.1 Å². The Morgan fingerprint density at radius 2 is 1.92 bits per heavy atom. The Balaban J connectivity index is 1.49. The van der Waals surface area contributed by atoms with Crippen LogP contribution in [0.3, 0.4) is 0 Å². The maximum absolute atomic E-state index is 12.5. The SMILES string of the molecule is Cc1cccc(C2CCN(C(=O)NC3CCC(C(=O)O)CC3)C2)c1. The zero-order valence-corrected chi connectivity index (χ0v) is 14.2. The Labute approximate surface area is 143 Å². The summed E-state index contributed by atoms with van der Waals surface area (Å²) in [5.41, 5.74) is 2.57. The average molecular weight is 330 g/mol. The monoisotopic (exact) mass is 330 g/mol. The zero-order chi connectivity index (χ0) is 17.1. The van der Waals surface area contributed by atoms with E-state index in [2.05, 4.69) is 36.5 Å². The highest BCUT2D eigenvalue weighted by molar-refractivity contribution is 5.75. The normalized spacial score (nSPS) is 27.0. The molecule has 0 aromatic heterocycles. The van der Waals surface area contributed by atoms with Gasteiger partial charge in [0.2, 0.25) is 0 Å². The number of aryl methyl sites for hydroxylation is 1. The van der Waals surface area contributed by atoms with Gasteiger partial charge < -0.3 is 15.3 Å². The van der Waals surface area contributed by atoms with Gasteiger partial charge in [0.05, 0.1) is 5.92 Å². The Bertz CT molecular complexity index is 608. The number of rotatable bonds is 3. The van der Waals surface area contributed by atoms with Gasteiger partial charge in [-0.25, -0.2) is 4.79 Å². The van der Waals surface area contributed by atoms with Crippen molar-refractivity contribution in [1.82, 2.24) is 10.2 Å². The number of nitrogens with zero attached hydrogens (tertiary/aromatic N) is 1. The molecule has 2 aliphatic rings. The number of carbonyl (C=O) groups excluding carboxylic acids is 1. The molecule has 1 aliphatic carbocycles. The van der Waals surface area contributed by atoms with Gasteiger partial charge in [0.25, 0.3) is 0 Å². The predicted molar refractivity (Wildman–Crippen MR) is 92.0 cm³/mol. The van der Waals surface area contributed by atoms with E-state index in [1.54, 1.807) is 0 Å². The molecule has 2 N–H and O–H groups in total. The third-order valence-corrected chi connectivity index (χ3v) is 5.39. The highest BCUT2D eigenvalue weighted by Gasteiger charge is 2.31. The van der Waals surface area contributed by atoms with Gasteiger partial charge in [-0.05, 0) is 44.6 Å². The molecular weight excluding hydrogens is 304 g/mol. The number of amides is 2. The first-order chi connectivity index (χ1) is 11.5. The van der Waals surface area contributed by atoms with E-state index in [-0.39, 0.29) is 18.0 Å². The molecule has 0 spiro atoms. The molecule has 0 bridgehead atoms. The van der Waals surface area contributed by atoms with Gasteiger partial charge in [0, 0.05) is 25.0 Å². The topological polar surface area (TPSA) is 69.6 Å². The highest BCUT2D eigenvalue weighted by Crippen LogP contribution is 2.28. The van der Waals surface area contributed by atoms with Crippen molar-refractivity contribution in [3.63, 3.8) is 0 Å². The molecule has 1 aliphatic heterocycles. The number of carbonyl (C=O) groups is 2. The molecule has 1 aromatic rings. The number of hydrogen-bond donors (Lipinski definition) is 2. The Morgan fingerprint density at radius 1 is 1.17 bits per heavy atom. The quantitative estimate of drug-likeness (QED) is 0.894. The maximum atomic E-state index is 12.5. The molecule has 24 heavy (non-hydrogen) atoms.